The summed E-state index contributed by atoms with van der Waals surface area (Å²) in [5, 5.41) is 8.84. The van der Waals surface area contributed by atoms with Gasteiger partial charge in [-0.2, -0.15) is 0 Å². The molecule has 0 atom stereocenters. The summed E-state index contributed by atoms with van der Waals surface area (Å²) in [5.41, 5.74) is 2.15. The zero-order chi connectivity index (χ0) is 17.8. The molecule has 0 aliphatic rings. The van der Waals surface area contributed by atoms with Gasteiger partial charge in [-0.15, -0.1) is 0 Å². The van der Waals surface area contributed by atoms with Crippen LogP contribution < -0.4 is 4.74 Å². The Balaban J connectivity index is 3.51. The van der Waals surface area contributed by atoms with Gasteiger partial charge in [-0.05, 0) is 28.5 Å². The molecule has 0 heterocycles. The van der Waals surface area contributed by atoms with Crippen molar-refractivity contribution in [2.24, 2.45) is 0 Å². The smallest absolute Gasteiger partial charge is 0.338 e. The normalized spacial score (nSPS) is 12.2. The first-order valence-corrected chi connectivity index (χ1v) is 8.04. The molecule has 0 amide bonds. The fourth-order valence-corrected chi connectivity index (χ4v) is 2.75. The van der Waals surface area contributed by atoms with E-state index in [4.69, 9.17) is 14.6 Å². The molecule has 1 rings (SSSR count). The quantitative estimate of drug-likeness (QED) is 0.661. The highest BCUT2D eigenvalue weighted by atomic mass is 16.5. The molecule has 0 aliphatic heterocycles. The molecule has 0 fully saturated rings. The van der Waals surface area contributed by atoms with Crippen molar-refractivity contribution < 1.29 is 19.4 Å². The Morgan fingerprint density at radius 2 is 1.61 bits per heavy atom. The van der Waals surface area contributed by atoms with Gasteiger partial charge < -0.3 is 14.6 Å². The van der Waals surface area contributed by atoms with Crippen LogP contribution in [0.1, 0.15) is 69.4 Å². The van der Waals surface area contributed by atoms with Gasteiger partial charge in [0.1, 0.15) is 5.75 Å². The van der Waals surface area contributed by atoms with E-state index in [1.807, 2.05) is 6.07 Å². The third kappa shape index (κ3) is 4.71. The SMILES string of the molecule is COc1ccc(C(=O)OCCCO)c(C(C)(C)C)c1C(C)(C)C. The van der Waals surface area contributed by atoms with Gasteiger partial charge in [-0.3, -0.25) is 0 Å². The molecule has 0 aliphatic carbocycles. The number of carbonyl (C=O) groups excluding carboxylic acids is 1. The van der Waals surface area contributed by atoms with Crippen molar-refractivity contribution in [2.75, 3.05) is 20.3 Å². The summed E-state index contributed by atoms with van der Waals surface area (Å²) >= 11 is 0. The van der Waals surface area contributed by atoms with Crippen LogP contribution in [-0.2, 0) is 15.6 Å². The third-order valence-electron chi connectivity index (χ3n) is 3.64. The monoisotopic (exact) mass is 322 g/mol. The predicted octanol–water partition coefficient (Wildman–Crippen LogP) is 3.83. The summed E-state index contributed by atoms with van der Waals surface area (Å²) < 4.78 is 10.9. The average molecular weight is 322 g/mol. The van der Waals surface area contributed by atoms with Crippen molar-refractivity contribution in [3.63, 3.8) is 0 Å². The molecule has 1 N–H and O–H groups in total. The summed E-state index contributed by atoms with van der Waals surface area (Å²) in [7, 11) is 1.65. The van der Waals surface area contributed by atoms with Gasteiger partial charge in [0, 0.05) is 18.6 Å². The highest BCUT2D eigenvalue weighted by Crippen LogP contribution is 2.41. The first kappa shape index (κ1) is 19.5. The summed E-state index contributed by atoms with van der Waals surface area (Å²) in [6.45, 7) is 12.8. The molecule has 0 spiro atoms. The van der Waals surface area contributed by atoms with Crippen molar-refractivity contribution >= 4 is 5.97 Å². The van der Waals surface area contributed by atoms with E-state index >= 15 is 0 Å². The number of benzene rings is 1. The molecule has 0 saturated carbocycles. The van der Waals surface area contributed by atoms with E-state index in [1.54, 1.807) is 13.2 Å². The van der Waals surface area contributed by atoms with E-state index in [2.05, 4.69) is 41.5 Å². The zero-order valence-corrected chi connectivity index (χ0v) is 15.4. The molecule has 0 radical (unpaired) electrons. The van der Waals surface area contributed by atoms with Crippen molar-refractivity contribution in [3.05, 3.63) is 28.8 Å². The standard InChI is InChI=1S/C19H30O4/c1-18(2,3)15-13(17(21)23-12-8-11-20)9-10-14(22-7)16(15)19(4,5)6/h9-10,20H,8,11-12H2,1-7H3. The van der Waals surface area contributed by atoms with E-state index in [0.29, 0.717) is 12.0 Å². The largest absolute Gasteiger partial charge is 0.496 e. The molecule has 23 heavy (non-hydrogen) atoms. The molecular formula is C19H30O4. The van der Waals surface area contributed by atoms with Crippen LogP contribution in [0.5, 0.6) is 5.75 Å². The second kappa shape index (κ2) is 7.35. The fourth-order valence-electron chi connectivity index (χ4n) is 2.75. The minimum absolute atomic E-state index is 0.00919. The van der Waals surface area contributed by atoms with Gasteiger partial charge in [-0.1, -0.05) is 41.5 Å². The number of hydrogen-bond acceptors (Lipinski definition) is 4. The topological polar surface area (TPSA) is 55.8 Å². The molecule has 0 saturated heterocycles. The Labute approximate surface area is 139 Å². The number of methoxy groups -OCH3 is 1. The lowest BCUT2D eigenvalue weighted by molar-refractivity contribution is 0.0479. The van der Waals surface area contributed by atoms with Crippen LogP contribution in [0.2, 0.25) is 0 Å². The van der Waals surface area contributed by atoms with Crippen molar-refractivity contribution in [1.29, 1.82) is 0 Å². The second-order valence-corrected chi connectivity index (χ2v) is 7.78. The highest BCUT2D eigenvalue weighted by molar-refractivity contribution is 5.92. The number of carbonyl (C=O) groups is 1. The van der Waals surface area contributed by atoms with Crippen LogP contribution in [0.25, 0.3) is 0 Å². The van der Waals surface area contributed by atoms with Crippen molar-refractivity contribution in [3.8, 4) is 5.75 Å². The Morgan fingerprint density at radius 1 is 1.04 bits per heavy atom. The zero-order valence-electron chi connectivity index (χ0n) is 15.4. The Bertz CT molecular complexity index is 548. The predicted molar refractivity (Wildman–Crippen MR) is 92.4 cm³/mol. The van der Waals surface area contributed by atoms with Crippen LogP contribution in [0, 0.1) is 0 Å². The second-order valence-electron chi connectivity index (χ2n) is 7.78. The van der Waals surface area contributed by atoms with Gasteiger partial charge in [0.05, 0.1) is 19.3 Å². The molecule has 4 nitrogen and oxygen atoms in total. The maximum Gasteiger partial charge on any atom is 0.338 e. The number of aliphatic hydroxyl groups is 1. The Morgan fingerprint density at radius 3 is 2.04 bits per heavy atom. The fraction of sp³-hybridized carbons (Fsp3) is 0.632. The molecular weight excluding hydrogens is 292 g/mol. The summed E-state index contributed by atoms with van der Waals surface area (Å²) in [5.74, 6) is 0.436. The van der Waals surface area contributed by atoms with E-state index in [9.17, 15) is 4.79 Å². The van der Waals surface area contributed by atoms with Crippen molar-refractivity contribution in [1.82, 2.24) is 0 Å². The number of hydrogen-bond donors (Lipinski definition) is 1. The number of aliphatic hydroxyl groups excluding tert-OH is 1. The highest BCUT2D eigenvalue weighted by Gasteiger charge is 2.33. The maximum absolute atomic E-state index is 12.5. The average Bonchev–Trinajstić information content (AvgIpc) is 2.43. The molecule has 0 aromatic heterocycles. The number of rotatable bonds is 5. The molecule has 0 unspecified atom stereocenters. The van der Waals surface area contributed by atoms with Crippen LogP contribution in [-0.4, -0.2) is 31.4 Å². The Kier molecular flexibility index (Phi) is 6.23. The van der Waals surface area contributed by atoms with Crippen LogP contribution in [0.15, 0.2) is 12.1 Å². The molecule has 0 bridgehead atoms. The van der Waals surface area contributed by atoms with E-state index in [0.717, 1.165) is 16.9 Å². The van der Waals surface area contributed by atoms with Crippen LogP contribution >= 0.6 is 0 Å². The van der Waals surface area contributed by atoms with Gasteiger partial charge >= 0.3 is 5.97 Å². The van der Waals surface area contributed by atoms with Gasteiger partial charge in [0.15, 0.2) is 0 Å². The van der Waals surface area contributed by atoms with E-state index < -0.39 is 0 Å². The lowest BCUT2D eigenvalue weighted by Gasteiger charge is -2.33. The van der Waals surface area contributed by atoms with E-state index in [-0.39, 0.29) is 30.0 Å². The molecule has 4 heteroatoms. The lowest BCUT2D eigenvalue weighted by atomic mass is 9.72. The van der Waals surface area contributed by atoms with E-state index in [1.165, 1.54) is 0 Å². The minimum Gasteiger partial charge on any atom is -0.496 e. The summed E-state index contributed by atoms with van der Waals surface area (Å²) in [6.07, 6.45) is 0.443. The third-order valence-corrected chi connectivity index (χ3v) is 3.64. The molecule has 1 aromatic carbocycles. The van der Waals surface area contributed by atoms with Crippen molar-refractivity contribution in [2.45, 2.75) is 58.8 Å². The first-order valence-electron chi connectivity index (χ1n) is 8.04. The van der Waals surface area contributed by atoms with Crippen LogP contribution in [0.4, 0.5) is 0 Å². The minimum atomic E-state index is -0.350. The van der Waals surface area contributed by atoms with Gasteiger partial charge in [0.2, 0.25) is 0 Å². The molecule has 1 aromatic rings. The van der Waals surface area contributed by atoms with Gasteiger partial charge in [-0.25, -0.2) is 4.79 Å². The summed E-state index contributed by atoms with van der Waals surface area (Å²) in [4.78, 5) is 12.5. The lowest BCUT2D eigenvalue weighted by Crippen LogP contribution is -2.27. The maximum atomic E-state index is 12.5. The first-order chi connectivity index (χ1) is 10.5. The van der Waals surface area contributed by atoms with Crippen LogP contribution in [0.3, 0.4) is 0 Å². The Hall–Kier alpha value is -1.55. The van der Waals surface area contributed by atoms with Gasteiger partial charge in [0.25, 0.3) is 0 Å². The number of esters is 1. The number of ether oxygens (including phenoxy) is 2. The molecule has 130 valence electrons. The summed E-state index contributed by atoms with van der Waals surface area (Å²) in [6, 6.07) is 3.61.